The molecule has 1 aliphatic rings. The van der Waals surface area contributed by atoms with Gasteiger partial charge in [0.25, 0.3) is 0 Å². The van der Waals surface area contributed by atoms with E-state index in [4.69, 9.17) is 4.74 Å². The van der Waals surface area contributed by atoms with Crippen molar-refractivity contribution in [2.45, 2.75) is 19.4 Å². The van der Waals surface area contributed by atoms with Crippen LogP contribution in [0.1, 0.15) is 18.4 Å². The predicted molar refractivity (Wildman–Crippen MR) is 118 cm³/mol. The number of methoxy groups -OCH3 is 1. The molecule has 0 spiro atoms. The second-order valence-electron chi connectivity index (χ2n) is 7.01. The number of anilines is 1. The number of benzene rings is 2. The average Bonchev–Trinajstić information content (AvgIpc) is 2.73. The molecule has 1 heterocycles. The van der Waals surface area contributed by atoms with Gasteiger partial charge in [0.2, 0.25) is 5.91 Å². The molecule has 0 atom stereocenters. The average molecular weight is 420 g/mol. The molecule has 2 N–H and O–H groups in total. The van der Waals surface area contributed by atoms with Crippen LogP contribution in [0.5, 0.6) is 11.5 Å². The fraction of sp³-hybridized carbons (Fsp3) is 0.409. The van der Waals surface area contributed by atoms with E-state index in [1.54, 1.807) is 19.2 Å². The number of para-hydroxylation sites is 3. The monoisotopic (exact) mass is 419 g/mol. The Hall–Kier alpha value is -2.44. The van der Waals surface area contributed by atoms with E-state index in [1.165, 1.54) is 0 Å². The molecular formula is C22H30ClN3O3. The number of phenolic OH excluding ortho intramolecular Hbond substituents is 1. The number of rotatable bonds is 8. The van der Waals surface area contributed by atoms with Crippen LogP contribution in [0.4, 0.5) is 5.69 Å². The zero-order valence-electron chi connectivity index (χ0n) is 16.8. The molecule has 0 aromatic heterocycles. The van der Waals surface area contributed by atoms with Crippen LogP contribution in [0.15, 0.2) is 48.5 Å². The van der Waals surface area contributed by atoms with Crippen molar-refractivity contribution in [2.75, 3.05) is 44.7 Å². The fourth-order valence-corrected chi connectivity index (χ4v) is 3.51. The number of carbonyl (C=O) groups excluding carboxylic acids is 1. The summed E-state index contributed by atoms with van der Waals surface area (Å²) in [6.07, 6.45) is 1.33. The number of nitrogens with zero attached hydrogens (tertiary/aromatic N) is 2. The van der Waals surface area contributed by atoms with E-state index < -0.39 is 0 Å². The molecule has 1 aliphatic heterocycles. The van der Waals surface area contributed by atoms with E-state index >= 15 is 0 Å². The molecule has 29 heavy (non-hydrogen) atoms. The molecule has 0 unspecified atom stereocenters. The number of carbonyl (C=O) groups is 1. The van der Waals surface area contributed by atoms with Crippen molar-refractivity contribution >= 4 is 24.0 Å². The summed E-state index contributed by atoms with van der Waals surface area (Å²) in [6, 6.07) is 15.2. The number of nitrogens with one attached hydrogen (secondary N) is 1. The summed E-state index contributed by atoms with van der Waals surface area (Å²) in [5, 5.41) is 12.6. The minimum atomic E-state index is 0. The van der Waals surface area contributed by atoms with Crippen molar-refractivity contribution in [3.8, 4) is 11.5 Å². The summed E-state index contributed by atoms with van der Waals surface area (Å²) in [7, 11) is 1.71. The van der Waals surface area contributed by atoms with Gasteiger partial charge in [-0.3, -0.25) is 9.69 Å². The molecule has 1 amide bonds. The highest BCUT2D eigenvalue weighted by atomic mass is 35.5. The van der Waals surface area contributed by atoms with Gasteiger partial charge in [0, 0.05) is 44.7 Å². The van der Waals surface area contributed by atoms with Crippen LogP contribution in [-0.4, -0.2) is 55.7 Å². The lowest BCUT2D eigenvalue weighted by atomic mass is 10.2. The molecule has 1 saturated heterocycles. The van der Waals surface area contributed by atoms with Crippen molar-refractivity contribution in [2.24, 2.45) is 0 Å². The molecule has 6 nitrogen and oxygen atoms in total. The third-order valence-electron chi connectivity index (χ3n) is 5.14. The van der Waals surface area contributed by atoms with Gasteiger partial charge >= 0.3 is 0 Å². The number of hydrogen-bond acceptors (Lipinski definition) is 5. The Balaban J connectivity index is 0.00000300. The summed E-state index contributed by atoms with van der Waals surface area (Å²) in [5.74, 6) is 1.16. The Bertz CT molecular complexity index is 779. The van der Waals surface area contributed by atoms with Crippen molar-refractivity contribution < 1.29 is 14.6 Å². The van der Waals surface area contributed by atoms with E-state index in [-0.39, 0.29) is 24.1 Å². The SMILES string of the molecule is COc1ccccc1N1CCN(CCCC(=O)NCc2ccccc2O)CC1.Cl. The lowest BCUT2D eigenvalue weighted by Crippen LogP contribution is -2.46. The lowest BCUT2D eigenvalue weighted by Gasteiger charge is -2.36. The molecule has 158 valence electrons. The maximum atomic E-state index is 12.0. The van der Waals surface area contributed by atoms with Crippen LogP contribution < -0.4 is 15.0 Å². The predicted octanol–water partition coefficient (Wildman–Crippen LogP) is 3.04. The molecule has 0 bridgehead atoms. The summed E-state index contributed by atoms with van der Waals surface area (Å²) >= 11 is 0. The van der Waals surface area contributed by atoms with E-state index in [2.05, 4.69) is 21.2 Å². The maximum absolute atomic E-state index is 12.0. The van der Waals surface area contributed by atoms with Gasteiger partial charge in [-0.25, -0.2) is 0 Å². The molecule has 2 aromatic rings. The Kier molecular flexibility index (Phi) is 9.09. The number of hydrogen-bond donors (Lipinski definition) is 2. The largest absolute Gasteiger partial charge is 0.508 e. The number of aromatic hydroxyl groups is 1. The van der Waals surface area contributed by atoms with Crippen molar-refractivity contribution in [1.82, 2.24) is 10.2 Å². The Morgan fingerprint density at radius 3 is 2.48 bits per heavy atom. The smallest absolute Gasteiger partial charge is 0.220 e. The Labute approximate surface area is 178 Å². The summed E-state index contributed by atoms with van der Waals surface area (Å²) < 4.78 is 5.46. The highest BCUT2D eigenvalue weighted by molar-refractivity contribution is 5.85. The molecular weight excluding hydrogens is 390 g/mol. The standard InChI is InChI=1S/C22H29N3O3.ClH/c1-28-21-10-5-3-8-19(21)25-15-13-24(14-16-25)12-6-11-22(27)23-17-18-7-2-4-9-20(18)26;/h2-5,7-10,26H,6,11-17H2,1H3,(H,23,27);1H. The second-order valence-corrected chi connectivity index (χ2v) is 7.01. The zero-order valence-corrected chi connectivity index (χ0v) is 17.7. The number of halogens is 1. The molecule has 3 rings (SSSR count). The number of amides is 1. The van der Waals surface area contributed by atoms with Gasteiger partial charge in [-0.15, -0.1) is 12.4 Å². The Morgan fingerprint density at radius 1 is 1.07 bits per heavy atom. The van der Waals surface area contributed by atoms with Crippen LogP contribution >= 0.6 is 12.4 Å². The summed E-state index contributed by atoms with van der Waals surface area (Å²) in [6.45, 7) is 5.17. The van der Waals surface area contributed by atoms with E-state index in [9.17, 15) is 9.90 Å². The quantitative estimate of drug-likeness (QED) is 0.688. The fourth-order valence-electron chi connectivity index (χ4n) is 3.51. The number of piperazine rings is 1. The van der Waals surface area contributed by atoms with E-state index in [1.807, 2.05) is 30.3 Å². The van der Waals surface area contributed by atoms with Crippen LogP contribution in [-0.2, 0) is 11.3 Å². The highest BCUT2D eigenvalue weighted by Crippen LogP contribution is 2.28. The van der Waals surface area contributed by atoms with Gasteiger partial charge in [-0.2, -0.15) is 0 Å². The van der Waals surface area contributed by atoms with Gasteiger partial charge in [0.15, 0.2) is 0 Å². The first kappa shape index (κ1) is 22.8. The highest BCUT2D eigenvalue weighted by Gasteiger charge is 2.19. The van der Waals surface area contributed by atoms with Gasteiger partial charge in [0.1, 0.15) is 11.5 Å². The van der Waals surface area contributed by atoms with Gasteiger partial charge in [0.05, 0.1) is 12.8 Å². The minimum Gasteiger partial charge on any atom is -0.508 e. The van der Waals surface area contributed by atoms with Gasteiger partial charge < -0.3 is 20.1 Å². The third-order valence-corrected chi connectivity index (χ3v) is 5.14. The second kappa shape index (κ2) is 11.5. The van der Waals surface area contributed by atoms with Crippen molar-refractivity contribution in [1.29, 1.82) is 0 Å². The molecule has 0 saturated carbocycles. The van der Waals surface area contributed by atoms with Crippen LogP contribution in [0, 0.1) is 0 Å². The lowest BCUT2D eigenvalue weighted by molar-refractivity contribution is -0.121. The van der Waals surface area contributed by atoms with E-state index in [0.717, 1.165) is 56.1 Å². The first-order chi connectivity index (χ1) is 13.7. The molecule has 0 radical (unpaired) electrons. The van der Waals surface area contributed by atoms with E-state index in [0.29, 0.717) is 13.0 Å². The molecule has 1 fully saturated rings. The van der Waals surface area contributed by atoms with Gasteiger partial charge in [-0.1, -0.05) is 30.3 Å². The summed E-state index contributed by atoms with van der Waals surface area (Å²) in [4.78, 5) is 16.8. The topological polar surface area (TPSA) is 65.0 Å². The number of phenols is 1. The summed E-state index contributed by atoms with van der Waals surface area (Å²) in [5.41, 5.74) is 1.89. The van der Waals surface area contributed by atoms with Crippen molar-refractivity contribution in [3.05, 3.63) is 54.1 Å². The molecule has 2 aromatic carbocycles. The zero-order chi connectivity index (χ0) is 19.8. The third kappa shape index (κ3) is 6.54. The normalized spacial score (nSPS) is 14.2. The van der Waals surface area contributed by atoms with Crippen LogP contribution in [0.3, 0.4) is 0 Å². The first-order valence-corrected chi connectivity index (χ1v) is 9.81. The van der Waals surface area contributed by atoms with Crippen LogP contribution in [0.2, 0.25) is 0 Å². The first-order valence-electron chi connectivity index (χ1n) is 9.81. The number of ether oxygens (including phenoxy) is 1. The van der Waals surface area contributed by atoms with Crippen molar-refractivity contribution in [3.63, 3.8) is 0 Å². The minimum absolute atomic E-state index is 0. The molecule has 0 aliphatic carbocycles. The Morgan fingerprint density at radius 2 is 1.76 bits per heavy atom. The maximum Gasteiger partial charge on any atom is 0.220 e. The molecule has 7 heteroatoms. The van der Waals surface area contributed by atoms with Crippen LogP contribution in [0.25, 0.3) is 0 Å². The van der Waals surface area contributed by atoms with Gasteiger partial charge in [-0.05, 0) is 31.2 Å².